The maximum atomic E-state index is 12.5. The van der Waals surface area contributed by atoms with Crippen molar-refractivity contribution in [1.29, 1.82) is 0 Å². The molecule has 1 aromatic rings. The lowest BCUT2D eigenvalue weighted by Crippen LogP contribution is -2.51. The lowest BCUT2D eigenvalue weighted by Gasteiger charge is -2.35. The van der Waals surface area contributed by atoms with Gasteiger partial charge in [0, 0.05) is 26.2 Å². The summed E-state index contributed by atoms with van der Waals surface area (Å²) in [6, 6.07) is 7.94. The number of hydrogen-bond acceptors (Lipinski definition) is 3. The van der Waals surface area contributed by atoms with Crippen LogP contribution in [0.25, 0.3) is 0 Å². The van der Waals surface area contributed by atoms with Crippen LogP contribution in [0.2, 0.25) is 0 Å². The molecule has 4 nitrogen and oxygen atoms in total. The van der Waals surface area contributed by atoms with Gasteiger partial charge in [0.05, 0.1) is 0 Å². The molecule has 1 atom stereocenters. The number of amides is 1. The molecular formula is C17H26N2O2. The highest BCUT2D eigenvalue weighted by molar-refractivity contribution is 5.81. The molecule has 1 aromatic carbocycles. The van der Waals surface area contributed by atoms with Crippen molar-refractivity contribution in [2.24, 2.45) is 0 Å². The number of rotatable bonds is 5. The zero-order chi connectivity index (χ0) is 15.2. The van der Waals surface area contributed by atoms with Gasteiger partial charge in [0.1, 0.15) is 5.75 Å². The normalized spacial score (nSPS) is 17.6. The van der Waals surface area contributed by atoms with Gasteiger partial charge in [-0.15, -0.1) is 0 Å². The number of carbonyl (C=O) groups excluding carboxylic acids is 1. The minimum Gasteiger partial charge on any atom is -0.481 e. The van der Waals surface area contributed by atoms with Crippen molar-refractivity contribution >= 4 is 5.91 Å². The Morgan fingerprint density at radius 1 is 1.19 bits per heavy atom. The van der Waals surface area contributed by atoms with Crippen molar-refractivity contribution in [1.82, 2.24) is 9.80 Å². The summed E-state index contributed by atoms with van der Waals surface area (Å²) in [5, 5.41) is 0. The van der Waals surface area contributed by atoms with Crippen molar-refractivity contribution in [2.75, 3.05) is 32.7 Å². The van der Waals surface area contributed by atoms with E-state index in [-0.39, 0.29) is 5.91 Å². The van der Waals surface area contributed by atoms with Gasteiger partial charge in [0.25, 0.3) is 5.91 Å². The minimum atomic E-state index is -0.425. The first kappa shape index (κ1) is 15.8. The summed E-state index contributed by atoms with van der Waals surface area (Å²) < 4.78 is 5.90. The Morgan fingerprint density at radius 2 is 1.86 bits per heavy atom. The molecule has 1 fully saturated rings. The van der Waals surface area contributed by atoms with E-state index in [1.54, 1.807) is 0 Å². The van der Waals surface area contributed by atoms with Crippen LogP contribution in [0.5, 0.6) is 5.75 Å². The number of aryl methyl sites for hydroxylation is 1. The predicted octanol–water partition coefficient (Wildman–Crippen LogP) is 2.18. The summed E-state index contributed by atoms with van der Waals surface area (Å²) in [5.41, 5.74) is 1.15. The number of piperazine rings is 1. The van der Waals surface area contributed by atoms with Crippen molar-refractivity contribution in [2.45, 2.75) is 33.3 Å². The van der Waals surface area contributed by atoms with Gasteiger partial charge in [-0.05, 0) is 31.5 Å². The molecule has 1 amide bonds. The highest BCUT2D eigenvalue weighted by Gasteiger charge is 2.25. The number of benzene rings is 1. The van der Waals surface area contributed by atoms with Crippen molar-refractivity contribution in [3.05, 3.63) is 29.8 Å². The summed E-state index contributed by atoms with van der Waals surface area (Å²) in [4.78, 5) is 16.8. The molecule has 0 spiro atoms. The number of carbonyl (C=O) groups is 1. The van der Waals surface area contributed by atoms with Crippen LogP contribution in [0.15, 0.2) is 24.3 Å². The van der Waals surface area contributed by atoms with Gasteiger partial charge in [-0.3, -0.25) is 4.79 Å². The van der Waals surface area contributed by atoms with E-state index in [1.807, 2.05) is 36.1 Å². The van der Waals surface area contributed by atoms with E-state index in [2.05, 4.69) is 18.7 Å². The van der Waals surface area contributed by atoms with Crippen LogP contribution >= 0.6 is 0 Å². The van der Waals surface area contributed by atoms with E-state index in [9.17, 15) is 4.79 Å². The highest BCUT2D eigenvalue weighted by Crippen LogP contribution is 2.20. The van der Waals surface area contributed by atoms with Crippen LogP contribution < -0.4 is 4.74 Å². The zero-order valence-corrected chi connectivity index (χ0v) is 13.3. The summed E-state index contributed by atoms with van der Waals surface area (Å²) in [6.07, 6.45) is 0.484. The van der Waals surface area contributed by atoms with Gasteiger partial charge < -0.3 is 14.5 Å². The summed E-state index contributed by atoms with van der Waals surface area (Å²) in [6.45, 7) is 10.7. The van der Waals surface area contributed by atoms with E-state index >= 15 is 0 Å². The van der Waals surface area contributed by atoms with E-state index in [0.29, 0.717) is 0 Å². The smallest absolute Gasteiger partial charge is 0.263 e. The molecule has 1 aliphatic heterocycles. The molecular weight excluding hydrogens is 264 g/mol. The molecule has 0 radical (unpaired) electrons. The maximum absolute atomic E-state index is 12.5. The fourth-order valence-electron chi connectivity index (χ4n) is 2.69. The summed E-state index contributed by atoms with van der Waals surface area (Å²) >= 11 is 0. The molecule has 1 saturated heterocycles. The van der Waals surface area contributed by atoms with Crippen LogP contribution in [0.3, 0.4) is 0 Å². The lowest BCUT2D eigenvalue weighted by atomic mass is 10.1. The third kappa shape index (κ3) is 3.97. The first-order valence-electron chi connectivity index (χ1n) is 7.91. The molecule has 0 N–H and O–H groups in total. The van der Waals surface area contributed by atoms with Crippen LogP contribution in [0.4, 0.5) is 0 Å². The molecule has 1 aliphatic rings. The second-order valence-electron chi connectivity index (χ2n) is 5.48. The number of ether oxygens (including phenoxy) is 1. The fourth-order valence-corrected chi connectivity index (χ4v) is 2.69. The highest BCUT2D eigenvalue weighted by atomic mass is 16.5. The van der Waals surface area contributed by atoms with Gasteiger partial charge in [-0.25, -0.2) is 0 Å². The van der Waals surface area contributed by atoms with Gasteiger partial charge in [0.15, 0.2) is 6.10 Å². The molecule has 0 aromatic heterocycles. The zero-order valence-electron chi connectivity index (χ0n) is 13.3. The van der Waals surface area contributed by atoms with Gasteiger partial charge in [0.2, 0.25) is 0 Å². The van der Waals surface area contributed by atoms with Crippen LogP contribution in [-0.2, 0) is 11.2 Å². The van der Waals surface area contributed by atoms with Gasteiger partial charge in [-0.2, -0.15) is 0 Å². The molecule has 0 saturated carbocycles. The minimum absolute atomic E-state index is 0.0941. The largest absolute Gasteiger partial charge is 0.481 e. The Balaban J connectivity index is 1.94. The maximum Gasteiger partial charge on any atom is 0.263 e. The predicted molar refractivity (Wildman–Crippen MR) is 84.6 cm³/mol. The summed E-state index contributed by atoms with van der Waals surface area (Å²) in [7, 11) is 0. The number of hydrogen-bond donors (Lipinski definition) is 0. The van der Waals surface area contributed by atoms with E-state index in [4.69, 9.17) is 4.74 Å². The molecule has 116 valence electrons. The standard InChI is InChI=1S/C17H26N2O2/c1-4-15-8-6-7-9-16(15)21-14(3)17(20)19-12-10-18(5-2)11-13-19/h6-9,14H,4-5,10-13H2,1-3H3. The van der Waals surface area contributed by atoms with E-state index in [0.717, 1.165) is 50.5 Å². The Morgan fingerprint density at radius 3 is 2.48 bits per heavy atom. The van der Waals surface area contributed by atoms with Crippen LogP contribution in [0, 0.1) is 0 Å². The van der Waals surface area contributed by atoms with Crippen LogP contribution in [-0.4, -0.2) is 54.5 Å². The van der Waals surface area contributed by atoms with Crippen molar-refractivity contribution in [3.8, 4) is 5.75 Å². The van der Waals surface area contributed by atoms with Crippen LogP contribution in [0.1, 0.15) is 26.3 Å². The molecule has 4 heteroatoms. The first-order chi connectivity index (χ1) is 10.2. The Hall–Kier alpha value is -1.55. The SMILES string of the molecule is CCc1ccccc1OC(C)C(=O)N1CCN(CC)CC1. The molecule has 1 heterocycles. The lowest BCUT2D eigenvalue weighted by molar-refractivity contribution is -0.139. The molecule has 2 rings (SSSR count). The third-order valence-corrected chi connectivity index (χ3v) is 4.14. The first-order valence-corrected chi connectivity index (χ1v) is 7.91. The van der Waals surface area contributed by atoms with E-state index < -0.39 is 6.10 Å². The Kier molecular flexibility index (Phi) is 5.62. The summed E-state index contributed by atoms with van der Waals surface area (Å²) in [5.74, 6) is 0.921. The fraction of sp³-hybridized carbons (Fsp3) is 0.588. The monoisotopic (exact) mass is 290 g/mol. The van der Waals surface area contributed by atoms with Crippen molar-refractivity contribution < 1.29 is 9.53 Å². The number of likely N-dealkylation sites (N-methyl/N-ethyl adjacent to an activating group) is 1. The molecule has 0 aliphatic carbocycles. The van der Waals surface area contributed by atoms with Crippen molar-refractivity contribution in [3.63, 3.8) is 0 Å². The second-order valence-corrected chi connectivity index (χ2v) is 5.48. The number of para-hydroxylation sites is 1. The second kappa shape index (κ2) is 7.46. The Labute approximate surface area is 127 Å². The van der Waals surface area contributed by atoms with Gasteiger partial charge >= 0.3 is 0 Å². The topological polar surface area (TPSA) is 32.8 Å². The Bertz CT molecular complexity index is 468. The average molecular weight is 290 g/mol. The van der Waals surface area contributed by atoms with Gasteiger partial charge in [-0.1, -0.05) is 32.0 Å². The molecule has 21 heavy (non-hydrogen) atoms. The number of nitrogens with zero attached hydrogens (tertiary/aromatic N) is 2. The molecule has 1 unspecified atom stereocenters. The molecule has 0 bridgehead atoms. The quantitative estimate of drug-likeness (QED) is 0.833. The van der Waals surface area contributed by atoms with E-state index in [1.165, 1.54) is 0 Å². The average Bonchev–Trinajstić information content (AvgIpc) is 2.54. The third-order valence-electron chi connectivity index (χ3n) is 4.14.